The lowest BCUT2D eigenvalue weighted by Gasteiger charge is -2.15. The number of aromatic nitrogens is 1. The van der Waals surface area contributed by atoms with Gasteiger partial charge in [-0.1, -0.05) is 89.9 Å². The zero-order valence-electron chi connectivity index (χ0n) is 21.9. The van der Waals surface area contributed by atoms with E-state index in [9.17, 15) is 9.59 Å². The maximum Gasteiger partial charge on any atom is 0.412 e. The maximum absolute atomic E-state index is 13.0. The number of halogens is 2. The fourth-order valence-corrected chi connectivity index (χ4v) is 5.33. The van der Waals surface area contributed by atoms with E-state index in [1.165, 1.54) is 0 Å². The monoisotopic (exact) mass is 586 g/mol. The van der Waals surface area contributed by atoms with Gasteiger partial charge in [0.25, 0.3) is 6.47 Å². The quantitative estimate of drug-likeness (QED) is 0.144. The standard InChI is InChI=1S/C32H24Cl2N2O5/c1-19(24-4-2-3-5-26(24)33)40-31(38)36-28-25-14-15-27(34)35-30(25)41-29(28)22-8-6-20(7-9-22)21-10-12-23(13-11-21)32(16-17-32)39-18-37/h2-15,18-19H,16-17H2,1H3,(H,36,38)/t19-/m1/s1. The Morgan fingerprint density at radius 1 is 0.951 bits per heavy atom. The van der Waals surface area contributed by atoms with Gasteiger partial charge in [-0.05, 0) is 54.7 Å². The predicted octanol–water partition coefficient (Wildman–Crippen LogP) is 8.94. The molecule has 0 saturated heterocycles. The van der Waals surface area contributed by atoms with Crippen molar-refractivity contribution in [3.63, 3.8) is 0 Å². The third-order valence-electron chi connectivity index (χ3n) is 7.24. The van der Waals surface area contributed by atoms with Crippen LogP contribution in [0.15, 0.2) is 89.3 Å². The second-order valence-electron chi connectivity index (χ2n) is 9.85. The van der Waals surface area contributed by atoms with Gasteiger partial charge in [-0.15, -0.1) is 0 Å². The first-order valence-corrected chi connectivity index (χ1v) is 13.8. The molecule has 0 spiro atoms. The lowest BCUT2D eigenvalue weighted by molar-refractivity contribution is -0.136. The number of hydrogen-bond donors (Lipinski definition) is 1. The molecule has 1 aliphatic carbocycles. The van der Waals surface area contributed by atoms with Crippen LogP contribution in [-0.4, -0.2) is 17.5 Å². The molecular weight excluding hydrogens is 563 g/mol. The van der Waals surface area contributed by atoms with Crippen molar-refractivity contribution in [3.8, 4) is 22.5 Å². The Morgan fingerprint density at radius 3 is 2.27 bits per heavy atom. The number of ether oxygens (including phenoxy) is 2. The van der Waals surface area contributed by atoms with E-state index in [0.717, 1.165) is 35.1 Å². The van der Waals surface area contributed by atoms with Crippen LogP contribution in [0.2, 0.25) is 10.2 Å². The Kier molecular flexibility index (Phi) is 7.15. The molecule has 7 nitrogen and oxygen atoms in total. The van der Waals surface area contributed by atoms with E-state index in [2.05, 4.69) is 10.3 Å². The lowest BCUT2D eigenvalue weighted by Crippen LogP contribution is -2.16. The number of nitrogens with zero attached hydrogens (tertiary/aromatic N) is 1. The number of pyridine rings is 1. The zero-order chi connectivity index (χ0) is 28.6. The predicted molar refractivity (Wildman–Crippen MR) is 158 cm³/mol. The van der Waals surface area contributed by atoms with Crippen LogP contribution in [0.4, 0.5) is 10.5 Å². The number of benzene rings is 3. The Hall–Kier alpha value is -4.33. The summed E-state index contributed by atoms with van der Waals surface area (Å²) >= 11 is 12.4. The van der Waals surface area contributed by atoms with Crippen molar-refractivity contribution in [2.45, 2.75) is 31.5 Å². The van der Waals surface area contributed by atoms with Gasteiger partial charge >= 0.3 is 6.09 Å². The van der Waals surface area contributed by atoms with Crippen molar-refractivity contribution < 1.29 is 23.5 Å². The molecule has 0 bridgehead atoms. The summed E-state index contributed by atoms with van der Waals surface area (Å²) in [4.78, 5) is 28.1. The second-order valence-corrected chi connectivity index (χ2v) is 10.6. The van der Waals surface area contributed by atoms with Gasteiger partial charge in [0.1, 0.15) is 22.5 Å². The summed E-state index contributed by atoms with van der Waals surface area (Å²) in [6, 6.07) is 26.3. The SMILES string of the molecule is C[C@@H](OC(=O)Nc1c(-c2ccc(-c3ccc(C4(OC=O)CC4)cc3)cc2)oc2nc(Cl)ccc12)c1ccccc1Cl. The Morgan fingerprint density at radius 2 is 1.61 bits per heavy atom. The highest BCUT2D eigenvalue weighted by Crippen LogP contribution is 2.49. The van der Waals surface area contributed by atoms with Crippen LogP contribution in [0.3, 0.4) is 0 Å². The topological polar surface area (TPSA) is 90.7 Å². The fourth-order valence-electron chi connectivity index (χ4n) is 4.90. The van der Waals surface area contributed by atoms with Crippen LogP contribution >= 0.6 is 23.2 Å². The van der Waals surface area contributed by atoms with E-state index in [0.29, 0.717) is 33.9 Å². The molecular formula is C32H24Cl2N2O5. The largest absolute Gasteiger partial charge is 0.456 e. The highest BCUT2D eigenvalue weighted by molar-refractivity contribution is 6.31. The first kappa shape index (κ1) is 26.9. The smallest absolute Gasteiger partial charge is 0.412 e. The van der Waals surface area contributed by atoms with E-state index >= 15 is 0 Å². The molecule has 3 aromatic carbocycles. The summed E-state index contributed by atoms with van der Waals surface area (Å²) in [6.45, 7) is 2.27. The Balaban J connectivity index is 1.27. The van der Waals surface area contributed by atoms with Crippen molar-refractivity contribution in [2.75, 3.05) is 5.32 Å². The molecule has 0 aliphatic heterocycles. The Bertz CT molecular complexity index is 1750. The molecule has 2 aromatic heterocycles. The fraction of sp³-hybridized carbons (Fsp3) is 0.156. The van der Waals surface area contributed by atoms with Gasteiger partial charge in [0.05, 0.1) is 5.39 Å². The van der Waals surface area contributed by atoms with E-state index in [1.807, 2.05) is 66.7 Å². The van der Waals surface area contributed by atoms with Crippen LogP contribution in [0.5, 0.6) is 0 Å². The zero-order valence-corrected chi connectivity index (χ0v) is 23.4. The number of carbonyl (C=O) groups excluding carboxylic acids is 2. The van der Waals surface area contributed by atoms with Crippen LogP contribution in [0.25, 0.3) is 33.6 Å². The lowest BCUT2D eigenvalue weighted by atomic mass is 9.99. The minimum Gasteiger partial charge on any atom is -0.456 e. The van der Waals surface area contributed by atoms with Gasteiger partial charge in [-0.3, -0.25) is 10.1 Å². The number of anilines is 1. The van der Waals surface area contributed by atoms with Gasteiger partial charge in [-0.25, -0.2) is 9.78 Å². The number of nitrogens with one attached hydrogen (secondary N) is 1. The maximum atomic E-state index is 13.0. The molecule has 0 unspecified atom stereocenters. The number of hydrogen-bond acceptors (Lipinski definition) is 6. The van der Waals surface area contributed by atoms with Crippen LogP contribution < -0.4 is 5.32 Å². The van der Waals surface area contributed by atoms with Gasteiger partial charge in [0.2, 0.25) is 5.71 Å². The highest BCUT2D eigenvalue weighted by Gasteiger charge is 2.46. The van der Waals surface area contributed by atoms with Crippen molar-refractivity contribution in [1.29, 1.82) is 0 Å². The van der Waals surface area contributed by atoms with Crippen LogP contribution in [0, 0.1) is 0 Å². The molecule has 9 heteroatoms. The summed E-state index contributed by atoms with van der Waals surface area (Å²) in [7, 11) is 0. The van der Waals surface area contributed by atoms with Gasteiger partial charge in [0, 0.05) is 16.1 Å². The number of fused-ring (bicyclic) bond motifs is 1. The highest BCUT2D eigenvalue weighted by atomic mass is 35.5. The molecule has 206 valence electrons. The summed E-state index contributed by atoms with van der Waals surface area (Å²) < 4.78 is 17.0. The third kappa shape index (κ3) is 5.38. The first-order chi connectivity index (χ1) is 19.9. The van der Waals surface area contributed by atoms with Crippen LogP contribution in [0.1, 0.15) is 37.0 Å². The molecule has 0 radical (unpaired) electrons. The molecule has 2 heterocycles. The first-order valence-electron chi connectivity index (χ1n) is 13.0. The van der Waals surface area contributed by atoms with E-state index < -0.39 is 17.8 Å². The number of carbonyl (C=O) groups is 2. The van der Waals surface area contributed by atoms with E-state index in [-0.39, 0.29) is 10.9 Å². The average Bonchev–Trinajstić information content (AvgIpc) is 3.68. The van der Waals surface area contributed by atoms with Gasteiger partial charge in [0.15, 0.2) is 5.76 Å². The van der Waals surface area contributed by atoms with Crippen molar-refractivity contribution in [2.24, 2.45) is 0 Å². The number of amides is 1. The summed E-state index contributed by atoms with van der Waals surface area (Å²) in [6.07, 6.45) is 0.420. The molecule has 6 rings (SSSR count). The Labute approximate surface area is 246 Å². The molecule has 1 atom stereocenters. The molecule has 1 amide bonds. The third-order valence-corrected chi connectivity index (χ3v) is 7.80. The summed E-state index contributed by atoms with van der Waals surface area (Å²) in [5, 5.41) is 4.20. The molecule has 1 N–H and O–H groups in total. The average molecular weight is 587 g/mol. The normalized spacial score (nSPS) is 14.3. The van der Waals surface area contributed by atoms with E-state index in [4.69, 9.17) is 37.1 Å². The van der Waals surface area contributed by atoms with Crippen molar-refractivity contribution in [3.05, 3.63) is 106 Å². The minimum absolute atomic E-state index is 0.268. The molecule has 5 aromatic rings. The van der Waals surface area contributed by atoms with Crippen molar-refractivity contribution in [1.82, 2.24) is 4.98 Å². The molecule has 1 fully saturated rings. The number of furan rings is 1. The van der Waals surface area contributed by atoms with E-state index in [1.54, 1.807) is 25.1 Å². The summed E-state index contributed by atoms with van der Waals surface area (Å²) in [5.74, 6) is 0.417. The molecule has 1 aliphatic rings. The minimum atomic E-state index is -0.667. The molecule has 41 heavy (non-hydrogen) atoms. The second kappa shape index (κ2) is 10.9. The summed E-state index contributed by atoms with van der Waals surface area (Å²) in [5.41, 5.74) is 4.64. The van der Waals surface area contributed by atoms with Crippen LogP contribution in [-0.2, 0) is 19.9 Å². The molecule has 1 saturated carbocycles. The number of rotatable bonds is 8. The van der Waals surface area contributed by atoms with Gasteiger partial charge in [-0.2, -0.15) is 0 Å². The van der Waals surface area contributed by atoms with Crippen molar-refractivity contribution >= 4 is 52.6 Å². The van der Waals surface area contributed by atoms with Gasteiger partial charge < -0.3 is 13.9 Å².